The van der Waals surface area contributed by atoms with Gasteiger partial charge in [-0.25, -0.2) is 39.7 Å². The number of carbonyl (C=O) groups excluding carboxylic acids is 2. The molecule has 22 nitrogen and oxygen atoms in total. The highest BCUT2D eigenvalue weighted by Gasteiger charge is 2.39. The zero-order valence-corrected chi connectivity index (χ0v) is 57.2. The number of nitrogens with zero attached hydrogens (tertiary/aromatic N) is 9. The number of aryl methyl sites for hydroxylation is 3. The number of thiazole rings is 3. The Morgan fingerprint density at radius 2 is 0.947 bits per heavy atom. The number of hydrogen-bond donors (Lipinski definition) is 4. The Morgan fingerprint density at radius 1 is 0.537 bits per heavy atom. The van der Waals surface area contributed by atoms with Crippen LogP contribution in [-0.2, 0) is 40.5 Å². The molecule has 3 aromatic carbocycles. The second-order valence-corrected chi connectivity index (χ2v) is 26.0. The maximum absolute atomic E-state index is 13.4. The molecule has 0 aliphatic carbocycles. The first-order valence-corrected chi connectivity index (χ1v) is 33.4. The van der Waals surface area contributed by atoms with E-state index in [1.165, 1.54) is 40.8 Å². The van der Waals surface area contributed by atoms with Crippen LogP contribution in [0, 0.1) is 20.8 Å². The van der Waals surface area contributed by atoms with Crippen molar-refractivity contribution in [1.82, 2.24) is 44.4 Å². The summed E-state index contributed by atoms with van der Waals surface area (Å²) in [6.07, 6.45) is -3.59. The van der Waals surface area contributed by atoms with E-state index in [4.69, 9.17) is 60.7 Å². The quantitative estimate of drug-likeness (QED) is 0.0201. The third kappa shape index (κ3) is 21.2. The minimum Gasteiger partial charge on any atom is -0.493 e. The second kappa shape index (κ2) is 34.2. The third-order valence-corrected chi connectivity index (χ3v) is 18.0. The van der Waals surface area contributed by atoms with Crippen LogP contribution in [-0.4, -0.2) is 121 Å². The summed E-state index contributed by atoms with van der Waals surface area (Å²) in [6, 6.07) is 20.9. The molecule has 0 radical (unpaired) electrons. The number of aromatic nitrogens is 9. The summed E-state index contributed by atoms with van der Waals surface area (Å²) in [5.74, 6) is -1.73. The SMILES string of the molecule is CCCOc1cc(-c2nc(CSc3nc(N)cc(N)n3)c(C)s2)ccc1OC.CCCOc1cc(-c2nc(Cn3ccc(N)nc3=O)c(C)s2)ccc1OC.COc1ccc(-c2nc(CSc3nc(CC(=O)C(C)(F)F)cc(CC(=O)C(F)(F)F)n3)c(C)s2)cc1OCCO. The molecule has 0 spiro atoms. The number of rotatable bonds is 28. The molecular formula is C63H69F5N12O10S5. The molecule has 7 N–H and O–H groups in total. The maximum atomic E-state index is 13.4. The molecule has 0 aliphatic heterocycles. The monoisotopic (exact) mass is 1410 g/mol. The van der Waals surface area contributed by atoms with Gasteiger partial charge in [-0.3, -0.25) is 14.2 Å². The number of Topliss-reactive ketones (excluding diaryl/α,β-unsaturated/α-hetero) is 2. The van der Waals surface area contributed by atoms with Gasteiger partial charge >= 0.3 is 17.8 Å². The van der Waals surface area contributed by atoms with Gasteiger partial charge in [0.25, 0.3) is 0 Å². The summed E-state index contributed by atoms with van der Waals surface area (Å²) < 4.78 is 99.9. The number of nitrogens with two attached hydrogens (primary N) is 3. The van der Waals surface area contributed by atoms with Gasteiger partial charge in [0, 0.05) is 62.0 Å². The number of benzene rings is 3. The Labute approximate surface area is 564 Å². The predicted molar refractivity (Wildman–Crippen MR) is 359 cm³/mol. The van der Waals surface area contributed by atoms with Crippen molar-refractivity contribution in [3.63, 3.8) is 0 Å². The van der Waals surface area contributed by atoms with Gasteiger partial charge in [0.15, 0.2) is 44.8 Å². The van der Waals surface area contributed by atoms with Gasteiger partial charge in [-0.15, -0.1) is 34.0 Å². The molecule has 9 rings (SSSR count). The van der Waals surface area contributed by atoms with Crippen LogP contribution in [0.2, 0.25) is 0 Å². The highest BCUT2D eigenvalue weighted by atomic mass is 32.2. The van der Waals surface area contributed by atoms with Gasteiger partial charge < -0.3 is 50.7 Å². The first-order valence-electron chi connectivity index (χ1n) is 29.0. The molecule has 0 amide bonds. The molecule has 0 unspecified atom stereocenters. The van der Waals surface area contributed by atoms with Gasteiger partial charge in [0.05, 0.1) is 89.0 Å². The first kappa shape index (κ1) is 73.8. The topological polar surface area (TPSA) is 313 Å². The molecule has 0 atom stereocenters. The maximum Gasteiger partial charge on any atom is 0.450 e. The number of halogens is 5. The van der Waals surface area contributed by atoms with E-state index in [0.717, 1.165) is 89.3 Å². The largest absolute Gasteiger partial charge is 0.493 e. The van der Waals surface area contributed by atoms with Gasteiger partial charge in [-0.2, -0.15) is 26.9 Å². The Morgan fingerprint density at radius 3 is 1.35 bits per heavy atom. The second-order valence-electron chi connectivity index (χ2n) is 20.5. The molecule has 0 aliphatic rings. The van der Waals surface area contributed by atoms with Crippen molar-refractivity contribution in [3.8, 4) is 66.2 Å². The lowest BCUT2D eigenvalue weighted by atomic mass is 10.1. The van der Waals surface area contributed by atoms with Crippen LogP contribution >= 0.6 is 57.5 Å². The van der Waals surface area contributed by atoms with Crippen LogP contribution in [0.5, 0.6) is 34.5 Å². The standard InChI is InChI=1S/C25H24F5N3O5S2.C19H23N5O2S2.C19H22N4O3S/c1-13-17(33-22(40-13)14-4-5-18(37-3)19(8-14)38-7-6-34)12-39-23-31-15(10-20(35)24(2,26)27)9-16(32-23)11-21(36)25(28,29)30;1-4-7-26-15-8-12(5-6-14(15)25-3)18-22-13(11(2)28-18)10-27-19-23-16(20)9-17(21)24-19;1-4-9-26-16-10-13(5-6-15(16)25-3)18-21-14(12(2)27-18)11-23-8-7-17(20)22-19(23)24/h4-5,8-9,34H,6-7,10-12H2,1-3H3;5-6,8-9H,4,7,10H2,1-3H3,(H4,20,21,23,24);5-8,10H,4,9,11H2,1-3H3,(H2,20,22,24). The number of hydrogen-bond acceptors (Lipinski definition) is 26. The summed E-state index contributed by atoms with van der Waals surface area (Å²) in [5.41, 5.74) is 21.1. The lowest BCUT2D eigenvalue weighted by Gasteiger charge is -2.11. The molecule has 6 heterocycles. The highest BCUT2D eigenvalue weighted by Crippen LogP contribution is 2.40. The van der Waals surface area contributed by atoms with Gasteiger partial charge in [-0.1, -0.05) is 37.4 Å². The van der Waals surface area contributed by atoms with Crippen molar-refractivity contribution in [2.24, 2.45) is 0 Å². The van der Waals surface area contributed by atoms with Crippen LogP contribution in [0.15, 0.2) is 94.1 Å². The zero-order valence-electron chi connectivity index (χ0n) is 53.1. The number of ether oxygens (including phenoxy) is 6. The van der Waals surface area contributed by atoms with Gasteiger partial charge in [-0.05, 0) is 100 Å². The number of ketones is 2. The average Bonchev–Trinajstić information content (AvgIpc) is 1.75. The van der Waals surface area contributed by atoms with E-state index in [0.29, 0.717) is 88.5 Å². The molecular weight excluding hydrogens is 1340 g/mol. The minimum absolute atomic E-state index is 0.0652. The van der Waals surface area contributed by atoms with Gasteiger partial charge in [0.1, 0.15) is 39.1 Å². The molecule has 0 fully saturated rings. The molecule has 6 aromatic heterocycles. The summed E-state index contributed by atoms with van der Waals surface area (Å²) in [5, 5.41) is 11.9. The summed E-state index contributed by atoms with van der Waals surface area (Å²) in [7, 11) is 4.74. The van der Waals surface area contributed by atoms with Crippen molar-refractivity contribution >= 4 is 86.6 Å². The normalized spacial score (nSPS) is 11.3. The number of aliphatic hydroxyl groups excluding tert-OH is 1. The van der Waals surface area contributed by atoms with Crippen LogP contribution in [0.3, 0.4) is 0 Å². The van der Waals surface area contributed by atoms with Crippen LogP contribution in [0.4, 0.5) is 39.4 Å². The Hall–Kier alpha value is -8.56. The average molecular weight is 1410 g/mol. The van der Waals surface area contributed by atoms with E-state index in [1.54, 1.807) is 67.4 Å². The number of carbonyl (C=O) groups is 2. The van der Waals surface area contributed by atoms with E-state index >= 15 is 0 Å². The summed E-state index contributed by atoms with van der Waals surface area (Å²) >= 11 is 7.02. The Bertz CT molecular complexity index is 4100. The number of alkyl halides is 5. The summed E-state index contributed by atoms with van der Waals surface area (Å²) in [6.45, 7) is 11.9. The number of anilines is 3. The molecule has 0 saturated carbocycles. The van der Waals surface area contributed by atoms with Crippen LogP contribution in [0.25, 0.3) is 31.7 Å². The lowest BCUT2D eigenvalue weighted by molar-refractivity contribution is -0.170. The Kier molecular flexibility index (Phi) is 26.6. The molecule has 32 heteroatoms. The molecule has 506 valence electrons. The number of nitrogen functional groups attached to an aromatic ring is 3. The number of methoxy groups -OCH3 is 3. The van der Waals surface area contributed by atoms with Crippen molar-refractivity contribution < 1.29 is 65.1 Å². The van der Waals surface area contributed by atoms with Crippen molar-refractivity contribution in [2.75, 3.05) is 65.0 Å². The van der Waals surface area contributed by atoms with Crippen molar-refractivity contribution in [2.45, 2.75) is 108 Å². The van der Waals surface area contributed by atoms with Crippen LogP contribution < -0.4 is 51.3 Å². The van der Waals surface area contributed by atoms with Crippen LogP contribution in [0.1, 0.15) is 76.7 Å². The minimum atomic E-state index is -5.11. The lowest BCUT2D eigenvalue weighted by Crippen LogP contribution is -2.27. The fourth-order valence-electron chi connectivity index (χ4n) is 8.29. The third-order valence-electron chi connectivity index (χ3n) is 13.1. The van der Waals surface area contributed by atoms with Gasteiger partial charge in [0.2, 0.25) is 11.6 Å². The molecule has 0 bridgehead atoms. The van der Waals surface area contributed by atoms with Crippen molar-refractivity contribution in [3.05, 3.63) is 133 Å². The predicted octanol–water partition coefficient (Wildman–Crippen LogP) is 12.3. The molecule has 95 heavy (non-hydrogen) atoms. The highest BCUT2D eigenvalue weighted by molar-refractivity contribution is 7.98. The number of aliphatic hydroxyl groups is 1. The zero-order chi connectivity index (χ0) is 69.1. The first-order chi connectivity index (χ1) is 45.2. The van der Waals surface area contributed by atoms with E-state index < -0.39 is 36.5 Å². The Balaban J connectivity index is 0.000000207. The number of thioether (sulfide) groups is 2. The fraction of sp³-hybridized carbons (Fsp3) is 0.349. The molecule has 9 aromatic rings. The van der Waals surface area contributed by atoms with Crippen molar-refractivity contribution in [1.29, 1.82) is 0 Å². The smallest absolute Gasteiger partial charge is 0.450 e. The fourth-order valence-corrected chi connectivity index (χ4v) is 13.0. The van der Waals surface area contributed by atoms with E-state index in [-0.39, 0.29) is 47.0 Å². The molecule has 0 saturated heterocycles. The van der Waals surface area contributed by atoms with E-state index in [2.05, 4.69) is 50.7 Å². The summed E-state index contributed by atoms with van der Waals surface area (Å²) in [4.78, 5) is 72.6. The van der Waals surface area contributed by atoms with E-state index in [9.17, 15) is 36.3 Å². The van der Waals surface area contributed by atoms with E-state index in [1.807, 2.05) is 50.2 Å².